The Morgan fingerprint density at radius 3 is 2.48 bits per heavy atom. The maximum absolute atomic E-state index is 13.0. The van der Waals surface area contributed by atoms with Crippen LogP contribution < -0.4 is 5.43 Å². The van der Waals surface area contributed by atoms with Gasteiger partial charge in [-0.25, -0.2) is 0 Å². The van der Waals surface area contributed by atoms with E-state index >= 15 is 0 Å². The molecule has 3 rings (SSSR count). The minimum absolute atomic E-state index is 0.0438. The first kappa shape index (κ1) is 18.7. The number of ketones is 1. The van der Waals surface area contributed by atoms with Crippen molar-refractivity contribution < 1.29 is 14.8 Å². The third-order valence-electron chi connectivity index (χ3n) is 4.49. The van der Waals surface area contributed by atoms with Gasteiger partial charge in [0.1, 0.15) is 5.78 Å². The van der Waals surface area contributed by atoms with Crippen molar-refractivity contribution in [2.45, 2.75) is 25.7 Å². The van der Waals surface area contributed by atoms with E-state index in [2.05, 4.69) is 0 Å². The molecule has 1 N–H and O–H groups in total. The predicted molar refractivity (Wildman–Crippen MR) is 105 cm³/mol. The van der Waals surface area contributed by atoms with Crippen LogP contribution in [0, 0.1) is 10.1 Å². The smallest absolute Gasteiger partial charge is 0.269 e. The molecular weight excluding hydrogens is 366 g/mol. The number of carbonyl (C=O) groups is 1. The first-order valence-electron chi connectivity index (χ1n) is 8.43. The number of non-ortho nitro benzene ring substituents is 1. The molecule has 0 aliphatic carbocycles. The average Bonchev–Trinajstić information content (AvgIpc) is 2.67. The number of hydrogen-bond acceptors (Lipinski definition) is 6. The molecule has 6 nitrogen and oxygen atoms in total. The maximum atomic E-state index is 13.0. The number of nitro groups is 1. The lowest BCUT2D eigenvalue weighted by Gasteiger charge is -2.18. The molecule has 138 valence electrons. The molecule has 27 heavy (non-hydrogen) atoms. The fourth-order valence-corrected chi connectivity index (χ4v) is 4.01. The SMILES string of the molecule is CCC(=O)C[C@H](c1ccc([N+](=O)[O-])cc1)c1c(O)sc2ccccc2c1=O. The summed E-state index contributed by atoms with van der Waals surface area (Å²) >= 11 is 1.08. The zero-order valence-corrected chi connectivity index (χ0v) is 15.4. The van der Waals surface area contributed by atoms with Crippen LogP contribution in [0.15, 0.2) is 53.3 Å². The summed E-state index contributed by atoms with van der Waals surface area (Å²) in [6, 6.07) is 12.7. The van der Waals surface area contributed by atoms with Crippen LogP contribution in [0.1, 0.15) is 36.8 Å². The third kappa shape index (κ3) is 3.73. The number of carbonyl (C=O) groups excluding carboxylic acids is 1. The van der Waals surface area contributed by atoms with E-state index in [0.717, 1.165) is 11.3 Å². The highest BCUT2D eigenvalue weighted by molar-refractivity contribution is 7.20. The van der Waals surface area contributed by atoms with Crippen molar-refractivity contribution in [1.29, 1.82) is 0 Å². The molecule has 0 aliphatic rings. The van der Waals surface area contributed by atoms with Crippen LogP contribution >= 0.6 is 11.3 Å². The molecule has 1 aromatic heterocycles. The molecule has 2 aromatic carbocycles. The van der Waals surface area contributed by atoms with E-state index in [1.54, 1.807) is 31.2 Å². The van der Waals surface area contributed by atoms with Crippen molar-refractivity contribution in [3.05, 3.63) is 80.0 Å². The highest BCUT2D eigenvalue weighted by Crippen LogP contribution is 2.37. The number of benzene rings is 2. The summed E-state index contributed by atoms with van der Waals surface area (Å²) in [5.74, 6) is -0.720. The van der Waals surface area contributed by atoms with E-state index in [4.69, 9.17) is 0 Å². The molecule has 1 atom stereocenters. The van der Waals surface area contributed by atoms with Crippen molar-refractivity contribution in [1.82, 2.24) is 0 Å². The maximum Gasteiger partial charge on any atom is 0.269 e. The van der Waals surface area contributed by atoms with Crippen molar-refractivity contribution in [2.24, 2.45) is 0 Å². The van der Waals surface area contributed by atoms with Crippen LogP contribution in [0.25, 0.3) is 10.1 Å². The zero-order valence-electron chi connectivity index (χ0n) is 14.5. The van der Waals surface area contributed by atoms with Crippen molar-refractivity contribution in [3.63, 3.8) is 0 Å². The molecule has 0 radical (unpaired) electrons. The Balaban J connectivity index is 2.19. The Bertz CT molecular complexity index is 1070. The van der Waals surface area contributed by atoms with Crippen LogP contribution in [-0.4, -0.2) is 15.8 Å². The molecule has 1 heterocycles. The summed E-state index contributed by atoms with van der Waals surface area (Å²) in [6.45, 7) is 1.73. The van der Waals surface area contributed by atoms with Crippen LogP contribution in [-0.2, 0) is 4.79 Å². The molecule has 0 saturated heterocycles. The van der Waals surface area contributed by atoms with Gasteiger partial charge in [0.25, 0.3) is 5.69 Å². The van der Waals surface area contributed by atoms with Gasteiger partial charge in [0.15, 0.2) is 10.5 Å². The van der Waals surface area contributed by atoms with E-state index in [0.29, 0.717) is 22.1 Å². The van der Waals surface area contributed by atoms with Crippen LogP contribution in [0.3, 0.4) is 0 Å². The van der Waals surface area contributed by atoms with Gasteiger partial charge in [-0.3, -0.25) is 19.7 Å². The fraction of sp³-hybridized carbons (Fsp3) is 0.200. The van der Waals surface area contributed by atoms with Crippen molar-refractivity contribution >= 4 is 32.9 Å². The van der Waals surface area contributed by atoms with E-state index in [1.165, 1.54) is 24.3 Å². The first-order valence-corrected chi connectivity index (χ1v) is 9.24. The minimum atomic E-state index is -0.661. The molecule has 0 fully saturated rings. The Labute approximate surface area is 158 Å². The Kier molecular flexibility index (Phi) is 5.32. The van der Waals surface area contributed by atoms with Gasteiger partial charge >= 0.3 is 0 Å². The number of rotatable bonds is 6. The second kappa shape index (κ2) is 7.67. The van der Waals surface area contributed by atoms with Crippen LogP contribution in [0.5, 0.6) is 5.06 Å². The van der Waals surface area contributed by atoms with Gasteiger partial charge in [-0.1, -0.05) is 42.5 Å². The Morgan fingerprint density at radius 2 is 1.85 bits per heavy atom. The second-order valence-electron chi connectivity index (χ2n) is 6.14. The monoisotopic (exact) mass is 383 g/mol. The van der Waals surface area contributed by atoms with Crippen molar-refractivity contribution in [3.8, 4) is 5.06 Å². The molecule has 0 bridgehead atoms. The minimum Gasteiger partial charge on any atom is -0.499 e. The van der Waals surface area contributed by atoms with Gasteiger partial charge in [0.2, 0.25) is 0 Å². The molecule has 0 saturated carbocycles. The first-order chi connectivity index (χ1) is 12.9. The second-order valence-corrected chi connectivity index (χ2v) is 7.17. The summed E-state index contributed by atoms with van der Waals surface area (Å²) in [4.78, 5) is 35.6. The van der Waals surface area contributed by atoms with Gasteiger partial charge in [-0.05, 0) is 17.7 Å². The number of nitrogens with zero attached hydrogens (tertiary/aromatic N) is 1. The molecular formula is C20H17NO5S. The molecule has 0 amide bonds. The molecule has 0 spiro atoms. The molecule has 7 heteroatoms. The normalized spacial score (nSPS) is 12.0. The van der Waals surface area contributed by atoms with E-state index < -0.39 is 10.8 Å². The topological polar surface area (TPSA) is 97.5 Å². The van der Waals surface area contributed by atoms with Gasteiger partial charge in [0.05, 0.1) is 10.5 Å². The average molecular weight is 383 g/mol. The van der Waals surface area contributed by atoms with Gasteiger partial charge in [-0.15, -0.1) is 0 Å². The van der Waals surface area contributed by atoms with Crippen LogP contribution in [0.2, 0.25) is 0 Å². The largest absolute Gasteiger partial charge is 0.499 e. The van der Waals surface area contributed by atoms with Gasteiger partial charge in [-0.2, -0.15) is 0 Å². The Hall–Kier alpha value is -3.06. The highest BCUT2D eigenvalue weighted by Gasteiger charge is 2.25. The third-order valence-corrected chi connectivity index (χ3v) is 5.48. The summed E-state index contributed by atoms with van der Waals surface area (Å²) in [6.07, 6.45) is 0.345. The van der Waals surface area contributed by atoms with Crippen molar-refractivity contribution in [2.75, 3.05) is 0 Å². The summed E-state index contributed by atoms with van der Waals surface area (Å²) < 4.78 is 0.660. The Morgan fingerprint density at radius 1 is 1.19 bits per heavy atom. The van der Waals surface area contributed by atoms with E-state index in [-0.39, 0.29) is 33.9 Å². The predicted octanol–water partition coefficient (Wildman–Crippen LogP) is 4.38. The lowest BCUT2D eigenvalue weighted by molar-refractivity contribution is -0.384. The standard InChI is InChI=1S/C20H17NO5S/c1-2-14(22)11-16(12-7-9-13(10-8-12)21(25)26)18-19(23)15-5-3-4-6-17(15)27-20(18)24/h3-10,16,24H,2,11H2,1H3/t16-/m1/s1. The molecule has 0 aliphatic heterocycles. The zero-order chi connectivity index (χ0) is 19.6. The number of hydrogen-bond donors (Lipinski definition) is 1. The molecule has 0 unspecified atom stereocenters. The lowest BCUT2D eigenvalue weighted by Crippen LogP contribution is -2.17. The number of fused-ring (bicyclic) bond motifs is 1. The molecule has 3 aromatic rings. The summed E-state index contributed by atoms with van der Waals surface area (Å²) in [5.41, 5.74) is 0.341. The van der Waals surface area contributed by atoms with Gasteiger partial charge in [0, 0.05) is 41.0 Å². The van der Waals surface area contributed by atoms with E-state index in [1.807, 2.05) is 0 Å². The highest BCUT2D eigenvalue weighted by atomic mass is 32.1. The lowest BCUT2D eigenvalue weighted by atomic mass is 9.87. The number of aromatic hydroxyl groups is 1. The fourth-order valence-electron chi connectivity index (χ4n) is 3.04. The summed E-state index contributed by atoms with van der Waals surface area (Å²) in [5, 5.41) is 21.8. The van der Waals surface area contributed by atoms with Gasteiger partial charge < -0.3 is 5.11 Å². The number of nitro benzene ring substituents is 1. The quantitative estimate of drug-likeness (QED) is 0.503. The number of Topliss-reactive ketones (excluding diaryl/α,β-unsaturated/α-hetero) is 1. The van der Waals surface area contributed by atoms with Crippen LogP contribution in [0.4, 0.5) is 5.69 Å². The summed E-state index contributed by atoms with van der Waals surface area (Å²) in [7, 11) is 0. The van der Waals surface area contributed by atoms with E-state index in [9.17, 15) is 24.8 Å².